The molecule has 0 bridgehead atoms. The lowest BCUT2D eigenvalue weighted by Gasteiger charge is -2.04. The summed E-state index contributed by atoms with van der Waals surface area (Å²) in [6.07, 6.45) is 5.47. The van der Waals surface area contributed by atoms with Gasteiger partial charge in [-0.05, 0) is 54.8 Å². The van der Waals surface area contributed by atoms with Gasteiger partial charge < -0.3 is 4.57 Å². The lowest BCUT2D eigenvalue weighted by Crippen LogP contribution is -1.98. The predicted molar refractivity (Wildman–Crippen MR) is 69.0 cm³/mol. The van der Waals surface area contributed by atoms with Crippen molar-refractivity contribution in [1.29, 1.82) is 0 Å². The molecule has 1 aromatic carbocycles. The van der Waals surface area contributed by atoms with E-state index in [1.165, 1.54) is 23.7 Å². The third-order valence-corrected chi connectivity index (χ3v) is 3.44. The SMILES string of the molecule is CC(=O)Cc1ccc2c(ccn2CC2CC2)c1. The summed E-state index contributed by atoms with van der Waals surface area (Å²) in [5.74, 6) is 1.12. The lowest BCUT2D eigenvalue weighted by molar-refractivity contribution is -0.116. The van der Waals surface area contributed by atoms with Crippen LogP contribution in [0.25, 0.3) is 10.9 Å². The molecule has 1 aliphatic rings. The van der Waals surface area contributed by atoms with Crippen LogP contribution in [0.15, 0.2) is 30.5 Å². The Balaban J connectivity index is 1.92. The molecule has 0 amide bonds. The summed E-state index contributed by atoms with van der Waals surface area (Å²) in [6.45, 7) is 2.79. The predicted octanol–water partition coefficient (Wildman–Crippen LogP) is 3.18. The van der Waals surface area contributed by atoms with Gasteiger partial charge in [0, 0.05) is 24.7 Å². The average molecular weight is 227 g/mol. The molecule has 1 fully saturated rings. The zero-order valence-corrected chi connectivity index (χ0v) is 10.1. The third-order valence-electron chi connectivity index (χ3n) is 3.44. The minimum Gasteiger partial charge on any atom is -0.347 e. The number of benzene rings is 1. The van der Waals surface area contributed by atoms with Crippen LogP contribution in [0.3, 0.4) is 0 Å². The smallest absolute Gasteiger partial charge is 0.134 e. The number of nitrogens with zero attached hydrogens (tertiary/aromatic N) is 1. The van der Waals surface area contributed by atoms with Crippen molar-refractivity contribution in [1.82, 2.24) is 4.57 Å². The highest BCUT2D eigenvalue weighted by Crippen LogP contribution is 2.32. The second kappa shape index (κ2) is 4.02. The summed E-state index contributed by atoms with van der Waals surface area (Å²) < 4.78 is 2.34. The Hall–Kier alpha value is -1.57. The standard InChI is InChI=1S/C15H17NO/c1-11(17)8-13-4-5-15-14(9-13)6-7-16(15)10-12-2-3-12/h4-7,9,12H,2-3,8,10H2,1H3. The molecule has 0 atom stereocenters. The van der Waals surface area contributed by atoms with E-state index in [1.807, 2.05) is 0 Å². The Morgan fingerprint density at radius 2 is 2.18 bits per heavy atom. The maximum Gasteiger partial charge on any atom is 0.134 e. The molecule has 2 aromatic rings. The first kappa shape index (κ1) is 10.6. The van der Waals surface area contributed by atoms with Crippen molar-refractivity contribution in [3.63, 3.8) is 0 Å². The van der Waals surface area contributed by atoms with Crippen molar-refractivity contribution >= 4 is 16.7 Å². The van der Waals surface area contributed by atoms with Crippen molar-refractivity contribution < 1.29 is 4.79 Å². The molecular weight excluding hydrogens is 210 g/mol. The van der Waals surface area contributed by atoms with Crippen LogP contribution in [0.2, 0.25) is 0 Å². The van der Waals surface area contributed by atoms with Crippen molar-refractivity contribution in [3.8, 4) is 0 Å². The molecule has 0 aliphatic heterocycles. The Bertz CT molecular complexity index is 563. The van der Waals surface area contributed by atoms with Crippen LogP contribution in [0.1, 0.15) is 25.3 Å². The lowest BCUT2D eigenvalue weighted by atomic mass is 10.1. The van der Waals surface area contributed by atoms with E-state index < -0.39 is 0 Å². The van der Waals surface area contributed by atoms with Gasteiger partial charge >= 0.3 is 0 Å². The zero-order chi connectivity index (χ0) is 11.8. The van der Waals surface area contributed by atoms with E-state index >= 15 is 0 Å². The molecule has 2 heteroatoms. The van der Waals surface area contributed by atoms with Crippen LogP contribution in [0.4, 0.5) is 0 Å². The van der Waals surface area contributed by atoms with E-state index in [0.29, 0.717) is 6.42 Å². The number of carbonyl (C=O) groups is 1. The van der Waals surface area contributed by atoms with E-state index in [-0.39, 0.29) is 5.78 Å². The van der Waals surface area contributed by atoms with Gasteiger partial charge in [0.05, 0.1) is 0 Å². The number of fused-ring (bicyclic) bond motifs is 1. The third kappa shape index (κ3) is 2.26. The molecule has 2 nitrogen and oxygen atoms in total. The molecule has 0 saturated heterocycles. The fourth-order valence-electron chi connectivity index (χ4n) is 2.38. The maximum absolute atomic E-state index is 11.1. The van der Waals surface area contributed by atoms with Gasteiger partial charge in [0.15, 0.2) is 0 Å². The molecule has 88 valence electrons. The number of ketones is 1. The Morgan fingerprint density at radius 1 is 1.35 bits per heavy atom. The fourth-order valence-corrected chi connectivity index (χ4v) is 2.38. The molecule has 1 aromatic heterocycles. The first-order valence-electron chi connectivity index (χ1n) is 6.29. The number of rotatable bonds is 4. The summed E-state index contributed by atoms with van der Waals surface area (Å²) in [4.78, 5) is 11.1. The largest absolute Gasteiger partial charge is 0.347 e. The van der Waals surface area contributed by atoms with E-state index in [2.05, 4.69) is 35.0 Å². The Labute approximate surface area is 101 Å². The van der Waals surface area contributed by atoms with Crippen LogP contribution in [0.5, 0.6) is 0 Å². The average Bonchev–Trinajstić information content (AvgIpc) is 3.00. The molecule has 0 radical (unpaired) electrons. The molecule has 1 saturated carbocycles. The van der Waals surface area contributed by atoms with Crippen molar-refractivity contribution in [2.75, 3.05) is 0 Å². The fraction of sp³-hybridized carbons (Fsp3) is 0.400. The summed E-state index contributed by atoms with van der Waals surface area (Å²) in [5.41, 5.74) is 2.42. The van der Waals surface area contributed by atoms with Crippen LogP contribution in [-0.2, 0) is 17.8 Å². The first-order chi connectivity index (χ1) is 8.22. The van der Waals surface area contributed by atoms with Gasteiger partial charge in [-0.1, -0.05) is 6.07 Å². The minimum atomic E-state index is 0.224. The molecule has 0 N–H and O–H groups in total. The first-order valence-corrected chi connectivity index (χ1v) is 6.29. The molecular formula is C15H17NO. The number of hydrogen-bond acceptors (Lipinski definition) is 1. The molecule has 1 heterocycles. The van der Waals surface area contributed by atoms with Gasteiger partial charge in [0.2, 0.25) is 0 Å². The van der Waals surface area contributed by atoms with Gasteiger partial charge in [0.1, 0.15) is 5.78 Å². The number of Topliss-reactive ketones (excluding diaryl/α,β-unsaturated/α-hetero) is 1. The van der Waals surface area contributed by atoms with Crippen molar-refractivity contribution in [2.24, 2.45) is 5.92 Å². The quantitative estimate of drug-likeness (QED) is 0.786. The molecule has 0 unspecified atom stereocenters. The number of carbonyl (C=O) groups excluding carboxylic acids is 1. The van der Waals surface area contributed by atoms with Crippen LogP contribution < -0.4 is 0 Å². The number of hydrogen-bond donors (Lipinski definition) is 0. The van der Waals surface area contributed by atoms with E-state index in [4.69, 9.17) is 0 Å². The van der Waals surface area contributed by atoms with Crippen LogP contribution >= 0.6 is 0 Å². The van der Waals surface area contributed by atoms with Gasteiger partial charge in [-0.2, -0.15) is 0 Å². The highest BCUT2D eigenvalue weighted by molar-refractivity contribution is 5.84. The Morgan fingerprint density at radius 3 is 2.88 bits per heavy atom. The minimum absolute atomic E-state index is 0.224. The molecule has 3 rings (SSSR count). The van der Waals surface area contributed by atoms with Gasteiger partial charge in [-0.25, -0.2) is 0 Å². The van der Waals surface area contributed by atoms with E-state index in [9.17, 15) is 4.79 Å². The van der Waals surface area contributed by atoms with E-state index in [0.717, 1.165) is 18.0 Å². The van der Waals surface area contributed by atoms with Gasteiger partial charge in [0.25, 0.3) is 0 Å². The van der Waals surface area contributed by atoms with Gasteiger partial charge in [-0.15, -0.1) is 0 Å². The highest BCUT2D eigenvalue weighted by atomic mass is 16.1. The second-order valence-electron chi connectivity index (χ2n) is 5.18. The summed E-state index contributed by atoms with van der Waals surface area (Å²) >= 11 is 0. The Kier molecular flexibility index (Phi) is 2.50. The second-order valence-corrected chi connectivity index (χ2v) is 5.18. The van der Waals surface area contributed by atoms with Gasteiger partial charge in [-0.3, -0.25) is 4.79 Å². The van der Waals surface area contributed by atoms with Crippen LogP contribution in [0, 0.1) is 5.92 Å². The normalized spacial score (nSPS) is 15.4. The highest BCUT2D eigenvalue weighted by Gasteiger charge is 2.21. The van der Waals surface area contributed by atoms with E-state index in [1.54, 1.807) is 6.92 Å². The molecule has 1 aliphatic carbocycles. The zero-order valence-electron chi connectivity index (χ0n) is 10.1. The number of aromatic nitrogens is 1. The van der Waals surface area contributed by atoms with Crippen molar-refractivity contribution in [3.05, 3.63) is 36.0 Å². The topological polar surface area (TPSA) is 22.0 Å². The summed E-state index contributed by atoms with van der Waals surface area (Å²) in [6, 6.07) is 8.52. The van der Waals surface area contributed by atoms with Crippen molar-refractivity contribution in [2.45, 2.75) is 32.7 Å². The summed E-state index contributed by atoms with van der Waals surface area (Å²) in [7, 11) is 0. The molecule has 0 spiro atoms. The summed E-state index contributed by atoms with van der Waals surface area (Å²) in [5, 5.41) is 1.25. The van der Waals surface area contributed by atoms with Crippen LogP contribution in [-0.4, -0.2) is 10.4 Å². The monoisotopic (exact) mass is 227 g/mol. The maximum atomic E-state index is 11.1. The molecule has 17 heavy (non-hydrogen) atoms.